The highest BCUT2D eigenvalue weighted by Gasteiger charge is 2.35. The van der Waals surface area contributed by atoms with Gasteiger partial charge in [0.1, 0.15) is 0 Å². The molecule has 2 N–H and O–H groups in total. The summed E-state index contributed by atoms with van der Waals surface area (Å²) in [5.74, 6) is 0. The number of nitrogens with zero attached hydrogens (tertiary/aromatic N) is 2. The zero-order chi connectivity index (χ0) is 10.2. The Morgan fingerprint density at radius 3 is 3.00 bits per heavy atom. The van der Waals surface area contributed by atoms with Crippen molar-refractivity contribution in [1.82, 2.24) is 9.78 Å². The maximum absolute atomic E-state index is 5.96. The predicted octanol–water partition coefficient (Wildman–Crippen LogP) is 1.67. The van der Waals surface area contributed by atoms with Crippen LogP contribution in [0.1, 0.15) is 38.7 Å². The van der Waals surface area contributed by atoms with Gasteiger partial charge in [-0.2, -0.15) is 5.10 Å². The molecule has 1 fully saturated rings. The monoisotopic (exact) mass is 193 g/mol. The molecule has 0 bridgehead atoms. The van der Waals surface area contributed by atoms with Crippen molar-refractivity contribution < 1.29 is 0 Å². The molecule has 1 aromatic heterocycles. The van der Waals surface area contributed by atoms with Gasteiger partial charge < -0.3 is 5.73 Å². The van der Waals surface area contributed by atoms with E-state index in [0.717, 1.165) is 19.4 Å². The summed E-state index contributed by atoms with van der Waals surface area (Å²) >= 11 is 0. The Labute approximate surface area is 85.3 Å². The van der Waals surface area contributed by atoms with Crippen molar-refractivity contribution in [3.05, 3.63) is 18.0 Å². The fraction of sp³-hybridized carbons (Fsp3) is 0.727. The molecule has 78 valence electrons. The van der Waals surface area contributed by atoms with Crippen molar-refractivity contribution in [1.29, 1.82) is 0 Å². The number of hydrogen-bond acceptors (Lipinski definition) is 2. The molecule has 2 unspecified atom stereocenters. The minimum Gasteiger partial charge on any atom is -0.328 e. The minimum atomic E-state index is 0.271. The maximum atomic E-state index is 5.96. The van der Waals surface area contributed by atoms with Crippen LogP contribution in [0.2, 0.25) is 0 Å². The first kappa shape index (κ1) is 9.71. The van der Waals surface area contributed by atoms with Gasteiger partial charge in [0.05, 0.1) is 6.20 Å². The summed E-state index contributed by atoms with van der Waals surface area (Å²) in [6.45, 7) is 5.36. The molecule has 14 heavy (non-hydrogen) atoms. The molecular weight excluding hydrogens is 174 g/mol. The third-order valence-corrected chi connectivity index (χ3v) is 3.43. The Balaban J connectivity index is 2.21. The molecule has 0 aliphatic heterocycles. The quantitative estimate of drug-likeness (QED) is 0.776. The van der Waals surface area contributed by atoms with Crippen molar-refractivity contribution in [3.8, 4) is 0 Å². The molecule has 1 saturated carbocycles. The lowest BCUT2D eigenvalue weighted by atomic mass is 9.83. The average Bonchev–Trinajstić information content (AvgIpc) is 2.73. The summed E-state index contributed by atoms with van der Waals surface area (Å²) < 4.78 is 1.99. The van der Waals surface area contributed by atoms with Crippen LogP contribution < -0.4 is 5.73 Å². The molecule has 0 aromatic carbocycles. The third-order valence-electron chi connectivity index (χ3n) is 3.43. The first-order valence-electron chi connectivity index (χ1n) is 5.42. The van der Waals surface area contributed by atoms with Gasteiger partial charge >= 0.3 is 0 Å². The van der Waals surface area contributed by atoms with Gasteiger partial charge in [-0.15, -0.1) is 0 Å². The molecule has 2 rings (SSSR count). The molecule has 3 heteroatoms. The molecule has 3 nitrogen and oxygen atoms in total. The van der Waals surface area contributed by atoms with E-state index in [1.807, 2.05) is 10.9 Å². The highest BCUT2D eigenvalue weighted by molar-refractivity contribution is 5.21. The summed E-state index contributed by atoms with van der Waals surface area (Å²) in [5, 5.41) is 4.33. The number of hydrogen-bond donors (Lipinski definition) is 1. The summed E-state index contributed by atoms with van der Waals surface area (Å²) in [6, 6.07) is 0.380. The van der Waals surface area contributed by atoms with Crippen LogP contribution in [0.25, 0.3) is 0 Å². The standard InChI is InChI=1S/C11H19N3/c1-3-14-8-9(7-13-14)11(2)5-4-10(12)6-11/h7-8,10H,3-6,12H2,1-2H3. The molecule has 1 aliphatic rings. The van der Waals surface area contributed by atoms with Crippen molar-refractivity contribution in [2.45, 2.75) is 51.1 Å². The number of aryl methyl sites for hydroxylation is 1. The van der Waals surface area contributed by atoms with Gasteiger partial charge in [0.2, 0.25) is 0 Å². The van der Waals surface area contributed by atoms with E-state index in [0.29, 0.717) is 6.04 Å². The SMILES string of the molecule is CCn1cc(C2(C)CCC(N)C2)cn1. The van der Waals surface area contributed by atoms with E-state index in [9.17, 15) is 0 Å². The second kappa shape index (κ2) is 3.39. The van der Waals surface area contributed by atoms with Gasteiger partial charge in [0.25, 0.3) is 0 Å². The van der Waals surface area contributed by atoms with Crippen molar-refractivity contribution >= 4 is 0 Å². The van der Waals surface area contributed by atoms with Gasteiger partial charge in [0, 0.05) is 18.8 Å². The molecule has 2 atom stereocenters. The van der Waals surface area contributed by atoms with Gasteiger partial charge in [-0.05, 0) is 37.2 Å². The Hall–Kier alpha value is -0.830. The second-order valence-electron chi connectivity index (χ2n) is 4.65. The highest BCUT2D eigenvalue weighted by Crippen LogP contribution is 2.39. The molecule has 0 amide bonds. The molecule has 1 aromatic rings. The van der Waals surface area contributed by atoms with E-state index >= 15 is 0 Å². The largest absolute Gasteiger partial charge is 0.328 e. The van der Waals surface area contributed by atoms with Crippen molar-refractivity contribution in [2.24, 2.45) is 5.73 Å². The highest BCUT2D eigenvalue weighted by atomic mass is 15.3. The number of rotatable bonds is 2. The van der Waals surface area contributed by atoms with Gasteiger partial charge in [-0.25, -0.2) is 0 Å². The topological polar surface area (TPSA) is 43.8 Å². The van der Waals surface area contributed by atoms with Crippen molar-refractivity contribution in [3.63, 3.8) is 0 Å². The van der Waals surface area contributed by atoms with Crippen LogP contribution in [0, 0.1) is 0 Å². The molecule has 1 aliphatic carbocycles. The van der Waals surface area contributed by atoms with E-state index in [1.165, 1.54) is 12.0 Å². The van der Waals surface area contributed by atoms with Crippen molar-refractivity contribution in [2.75, 3.05) is 0 Å². The minimum absolute atomic E-state index is 0.271. The van der Waals surface area contributed by atoms with Gasteiger partial charge in [-0.3, -0.25) is 4.68 Å². The van der Waals surface area contributed by atoms with Gasteiger partial charge in [-0.1, -0.05) is 6.92 Å². The van der Waals surface area contributed by atoms with Crippen LogP contribution in [0.3, 0.4) is 0 Å². The lowest BCUT2D eigenvalue weighted by Gasteiger charge is -2.21. The number of aromatic nitrogens is 2. The summed E-state index contributed by atoms with van der Waals surface area (Å²) in [7, 11) is 0. The Kier molecular flexibility index (Phi) is 2.35. The Bertz CT molecular complexity index is 318. The summed E-state index contributed by atoms with van der Waals surface area (Å²) in [4.78, 5) is 0. The summed E-state index contributed by atoms with van der Waals surface area (Å²) in [5.41, 5.74) is 7.58. The van der Waals surface area contributed by atoms with E-state index in [-0.39, 0.29) is 5.41 Å². The van der Waals surface area contributed by atoms with Crippen LogP contribution in [0.15, 0.2) is 12.4 Å². The van der Waals surface area contributed by atoms with Crippen LogP contribution in [0.4, 0.5) is 0 Å². The van der Waals surface area contributed by atoms with Crippen LogP contribution >= 0.6 is 0 Å². The van der Waals surface area contributed by atoms with E-state index in [4.69, 9.17) is 5.73 Å². The predicted molar refractivity (Wildman–Crippen MR) is 57.1 cm³/mol. The zero-order valence-electron chi connectivity index (χ0n) is 9.03. The van der Waals surface area contributed by atoms with E-state index in [2.05, 4.69) is 25.1 Å². The fourth-order valence-electron chi connectivity index (χ4n) is 2.40. The zero-order valence-corrected chi connectivity index (χ0v) is 9.03. The third kappa shape index (κ3) is 1.57. The van der Waals surface area contributed by atoms with E-state index in [1.54, 1.807) is 0 Å². The molecule has 0 spiro atoms. The molecular formula is C11H19N3. The first-order chi connectivity index (χ1) is 6.64. The molecule has 0 radical (unpaired) electrons. The van der Waals surface area contributed by atoms with E-state index < -0.39 is 0 Å². The normalized spacial score (nSPS) is 32.4. The fourth-order valence-corrected chi connectivity index (χ4v) is 2.40. The second-order valence-corrected chi connectivity index (χ2v) is 4.65. The maximum Gasteiger partial charge on any atom is 0.0527 e. The lowest BCUT2D eigenvalue weighted by Crippen LogP contribution is -2.22. The Morgan fingerprint density at radius 2 is 2.50 bits per heavy atom. The smallest absolute Gasteiger partial charge is 0.0527 e. The number of nitrogens with two attached hydrogens (primary N) is 1. The van der Waals surface area contributed by atoms with Crippen LogP contribution in [-0.4, -0.2) is 15.8 Å². The Morgan fingerprint density at radius 1 is 1.71 bits per heavy atom. The summed E-state index contributed by atoms with van der Waals surface area (Å²) in [6.07, 6.45) is 7.61. The molecule has 0 saturated heterocycles. The van der Waals surface area contributed by atoms with Crippen LogP contribution in [0.5, 0.6) is 0 Å². The molecule has 1 heterocycles. The first-order valence-corrected chi connectivity index (χ1v) is 5.42. The lowest BCUT2D eigenvalue weighted by molar-refractivity contribution is 0.481. The van der Waals surface area contributed by atoms with Crippen LogP contribution in [-0.2, 0) is 12.0 Å². The average molecular weight is 193 g/mol. The van der Waals surface area contributed by atoms with Gasteiger partial charge in [0.15, 0.2) is 0 Å².